The Morgan fingerprint density at radius 3 is 1.36 bits per heavy atom. The molecule has 0 saturated carbocycles. The van der Waals surface area contributed by atoms with E-state index >= 15 is 0 Å². The van der Waals surface area contributed by atoms with Crippen LogP contribution in [0.15, 0.2) is 48.8 Å². The Bertz CT molecular complexity index is 763. The number of carbonyl (C=O) groups is 2. The van der Waals surface area contributed by atoms with Crippen molar-refractivity contribution in [3.8, 4) is 11.5 Å². The first kappa shape index (κ1) is 21.0. The van der Waals surface area contributed by atoms with E-state index in [1.165, 1.54) is 12.4 Å². The van der Waals surface area contributed by atoms with E-state index in [4.69, 9.17) is 9.47 Å². The number of para-hydroxylation sites is 2. The predicted molar refractivity (Wildman–Crippen MR) is 108 cm³/mol. The van der Waals surface area contributed by atoms with Crippen LogP contribution in [0.4, 0.5) is 0 Å². The van der Waals surface area contributed by atoms with Crippen molar-refractivity contribution in [2.24, 2.45) is 0 Å². The largest absolute Gasteiger partial charge is 0.483 e. The van der Waals surface area contributed by atoms with Crippen molar-refractivity contribution in [1.82, 2.24) is 10.6 Å². The molecule has 2 aromatic rings. The van der Waals surface area contributed by atoms with E-state index in [0.29, 0.717) is 11.5 Å². The second-order valence-corrected chi connectivity index (χ2v) is 6.49. The number of ether oxygens (including phenoxy) is 2. The summed E-state index contributed by atoms with van der Waals surface area (Å²) in [6.45, 7) is 7.48. The molecule has 0 atom stereocenters. The minimum absolute atomic E-state index is 0.111. The summed E-state index contributed by atoms with van der Waals surface area (Å²) in [7, 11) is 0. The molecule has 0 radical (unpaired) electrons. The Kier molecular flexibility index (Phi) is 7.63. The van der Waals surface area contributed by atoms with Crippen LogP contribution in [0, 0.1) is 27.7 Å². The standard InChI is InChI=1S/C22H26N2O4/c1-15-7-5-8-16(2)21(15)27-13-19(25)23-11-12-24-20(26)14-28-22-17(3)9-6-10-18(22)4/h5-12H,13-14H2,1-4H3,(H,23,25)(H,24,26)/b12-11-. The number of hydrogen-bond donors (Lipinski definition) is 2. The van der Waals surface area contributed by atoms with E-state index in [1.54, 1.807) is 0 Å². The van der Waals surface area contributed by atoms with Gasteiger partial charge in [0, 0.05) is 12.4 Å². The molecule has 6 nitrogen and oxygen atoms in total. The molecule has 0 saturated heterocycles. The maximum atomic E-state index is 11.8. The predicted octanol–water partition coefficient (Wildman–Crippen LogP) is 3.08. The van der Waals surface area contributed by atoms with Crippen LogP contribution in [0.2, 0.25) is 0 Å². The molecule has 0 aliphatic heterocycles. The van der Waals surface area contributed by atoms with E-state index in [1.807, 2.05) is 64.1 Å². The van der Waals surface area contributed by atoms with Gasteiger partial charge in [-0.2, -0.15) is 0 Å². The second kappa shape index (κ2) is 10.2. The molecule has 0 aliphatic rings. The highest BCUT2D eigenvalue weighted by Gasteiger charge is 2.07. The first-order valence-electron chi connectivity index (χ1n) is 9.00. The normalized spacial score (nSPS) is 10.6. The fraction of sp³-hybridized carbons (Fsp3) is 0.273. The Labute approximate surface area is 165 Å². The number of nitrogens with one attached hydrogen (secondary N) is 2. The third-order valence-corrected chi connectivity index (χ3v) is 4.08. The van der Waals surface area contributed by atoms with Gasteiger partial charge in [0.25, 0.3) is 11.8 Å². The topological polar surface area (TPSA) is 76.7 Å². The van der Waals surface area contributed by atoms with E-state index < -0.39 is 0 Å². The van der Waals surface area contributed by atoms with Crippen molar-refractivity contribution in [2.75, 3.05) is 13.2 Å². The van der Waals surface area contributed by atoms with Crippen LogP contribution in [0.5, 0.6) is 11.5 Å². The van der Waals surface area contributed by atoms with Crippen LogP contribution in [-0.4, -0.2) is 25.0 Å². The van der Waals surface area contributed by atoms with Gasteiger partial charge in [0.1, 0.15) is 11.5 Å². The average molecular weight is 382 g/mol. The summed E-state index contributed by atoms with van der Waals surface area (Å²) in [4.78, 5) is 23.7. The van der Waals surface area contributed by atoms with Crippen LogP contribution in [0.25, 0.3) is 0 Å². The number of carbonyl (C=O) groups excluding carboxylic acids is 2. The number of hydrogen-bond acceptors (Lipinski definition) is 4. The molecule has 148 valence electrons. The van der Waals surface area contributed by atoms with E-state index in [-0.39, 0.29) is 25.0 Å². The van der Waals surface area contributed by atoms with Gasteiger partial charge < -0.3 is 20.1 Å². The minimum atomic E-state index is -0.320. The number of amides is 2. The third-order valence-electron chi connectivity index (χ3n) is 4.08. The summed E-state index contributed by atoms with van der Waals surface area (Å²) >= 11 is 0. The molecule has 0 heterocycles. The molecule has 0 aromatic heterocycles. The molecule has 28 heavy (non-hydrogen) atoms. The highest BCUT2D eigenvalue weighted by atomic mass is 16.5. The first-order valence-corrected chi connectivity index (χ1v) is 9.00. The molecule has 0 aliphatic carbocycles. The van der Waals surface area contributed by atoms with Gasteiger partial charge in [-0.25, -0.2) is 0 Å². The van der Waals surface area contributed by atoms with Gasteiger partial charge in [0.2, 0.25) is 0 Å². The summed E-state index contributed by atoms with van der Waals surface area (Å²) in [5.41, 5.74) is 3.89. The highest BCUT2D eigenvalue weighted by molar-refractivity contribution is 5.80. The molecule has 2 aromatic carbocycles. The lowest BCUT2D eigenvalue weighted by molar-refractivity contribution is -0.123. The van der Waals surface area contributed by atoms with Crippen molar-refractivity contribution >= 4 is 11.8 Å². The summed E-state index contributed by atoms with van der Waals surface area (Å²) in [5, 5.41) is 5.08. The van der Waals surface area contributed by atoms with Crippen molar-refractivity contribution in [1.29, 1.82) is 0 Å². The molecule has 2 N–H and O–H groups in total. The zero-order valence-corrected chi connectivity index (χ0v) is 16.7. The van der Waals surface area contributed by atoms with Gasteiger partial charge in [-0.05, 0) is 49.9 Å². The van der Waals surface area contributed by atoms with Crippen LogP contribution in [0.3, 0.4) is 0 Å². The summed E-state index contributed by atoms with van der Waals surface area (Å²) in [5.74, 6) is 0.775. The smallest absolute Gasteiger partial charge is 0.261 e. The lowest BCUT2D eigenvalue weighted by Gasteiger charge is -2.11. The quantitative estimate of drug-likeness (QED) is 0.736. The Morgan fingerprint density at radius 1 is 0.714 bits per heavy atom. The summed E-state index contributed by atoms with van der Waals surface area (Å²) < 4.78 is 11.1. The van der Waals surface area contributed by atoms with Crippen LogP contribution >= 0.6 is 0 Å². The molecule has 2 amide bonds. The zero-order valence-electron chi connectivity index (χ0n) is 16.7. The van der Waals surface area contributed by atoms with Crippen molar-refractivity contribution in [3.05, 3.63) is 71.1 Å². The van der Waals surface area contributed by atoms with Crippen LogP contribution in [-0.2, 0) is 9.59 Å². The molecule has 0 fully saturated rings. The fourth-order valence-electron chi connectivity index (χ4n) is 2.68. The van der Waals surface area contributed by atoms with Gasteiger partial charge in [0.15, 0.2) is 13.2 Å². The van der Waals surface area contributed by atoms with Crippen molar-refractivity contribution in [2.45, 2.75) is 27.7 Å². The zero-order chi connectivity index (χ0) is 20.5. The summed E-state index contributed by atoms with van der Waals surface area (Å²) in [6, 6.07) is 11.6. The van der Waals surface area contributed by atoms with Gasteiger partial charge in [0.05, 0.1) is 0 Å². The third kappa shape index (κ3) is 6.16. The molecular weight excluding hydrogens is 356 g/mol. The van der Waals surface area contributed by atoms with E-state index in [9.17, 15) is 9.59 Å². The molecule has 6 heteroatoms. The SMILES string of the molecule is Cc1cccc(C)c1OCC(=O)N/C=C\NC(=O)COc1c(C)cccc1C. The average Bonchev–Trinajstić information content (AvgIpc) is 2.64. The number of aryl methyl sites for hydroxylation is 4. The van der Waals surface area contributed by atoms with Gasteiger partial charge in [-0.1, -0.05) is 36.4 Å². The Hall–Kier alpha value is -3.28. The Balaban J connectivity index is 1.71. The van der Waals surface area contributed by atoms with E-state index in [2.05, 4.69) is 10.6 Å². The maximum Gasteiger partial charge on any atom is 0.261 e. The van der Waals surface area contributed by atoms with Gasteiger partial charge in [-0.15, -0.1) is 0 Å². The monoisotopic (exact) mass is 382 g/mol. The number of rotatable bonds is 8. The van der Waals surface area contributed by atoms with Crippen LogP contribution < -0.4 is 20.1 Å². The first-order chi connectivity index (χ1) is 13.4. The maximum absolute atomic E-state index is 11.8. The lowest BCUT2D eigenvalue weighted by Crippen LogP contribution is -2.28. The number of benzene rings is 2. The van der Waals surface area contributed by atoms with Crippen molar-refractivity contribution in [3.63, 3.8) is 0 Å². The lowest BCUT2D eigenvalue weighted by atomic mass is 10.1. The van der Waals surface area contributed by atoms with Crippen molar-refractivity contribution < 1.29 is 19.1 Å². The van der Waals surface area contributed by atoms with Gasteiger partial charge >= 0.3 is 0 Å². The highest BCUT2D eigenvalue weighted by Crippen LogP contribution is 2.22. The van der Waals surface area contributed by atoms with Gasteiger partial charge in [-0.3, -0.25) is 9.59 Å². The Morgan fingerprint density at radius 2 is 1.04 bits per heavy atom. The van der Waals surface area contributed by atoms with E-state index in [0.717, 1.165) is 22.3 Å². The molecule has 0 unspecified atom stereocenters. The fourth-order valence-corrected chi connectivity index (χ4v) is 2.68. The minimum Gasteiger partial charge on any atom is -0.483 e. The summed E-state index contributed by atoms with van der Waals surface area (Å²) in [6.07, 6.45) is 2.71. The molecular formula is C22H26N2O4. The molecule has 0 bridgehead atoms. The molecule has 0 spiro atoms. The molecule has 2 rings (SSSR count). The van der Waals surface area contributed by atoms with Crippen LogP contribution in [0.1, 0.15) is 22.3 Å². The second-order valence-electron chi connectivity index (χ2n) is 6.49.